The first-order valence-corrected chi connectivity index (χ1v) is 6.27. The number of carboxylic acids is 2. The number of nitrogens with zero attached hydrogens (tertiary/aromatic N) is 1. The van der Waals surface area contributed by atoms with Crippen LogP contribution in [0.4, 0.5) is 0 Å². The molecule has 7 nitrogen and oxygen atoms in total. The Labute approximate surface area is 117 Å². The van der Waals surface area contributed by atoms with Gasteiger partial charge in [-0.25, -0.2) is 0 Å². The van der Waals surface area contributed by atoms with E-state index >= 15 is 0 Å². The fourth-order valence-corrected chi connectivity index (χ4v) is 1.42. The average Bonchev–Trinajstić information content (AvgIpc) is 2.42. The number of nitrogens with one attached hydrogen (secondary N) is 2. The molecule has 1 heterocycles. The van der Waals surface area contributed by atoms with Gasteiger partial charge in [-0.2, -0.15) is 0 Å². The normalized spacial score (nSPS) is 13.7. The lowest BCUT2D eigenvalue weighted by Crippen LogP contribution is -2.34. The summed E-state index contributed by atoms with van der Waals surface area (Å²) in [7, 11) is 0. The molecule has 0 saturated heterocycles. The first-order valence-electron chi connectivity index (χ1n) is 6.27. The molecule has 0 radical (unpaired) electrons. The van der Waals surface area contributed by atoms with Gasteiger partial charge in [-0.15, -0.1) is 0 Å². The van der Waals surface area contributed by atoms with Gasteiger partial charge in [0.05, 0.1) is 11.4 Å². The first kappa shape index (κ1) is 16.1. The van der Waals surface area contributed by atoms with Crippen molar-refractivity contribution >= 4 is 11.9 Å². The van der Waals surface area contributed by atoms with Gasteiger partial charge in [-0.1, -0.05) is 6.07 Å². The molecule has 0 amide bonds. The van der Waals surface area contributed by atoms with Crippen LogP contribution in [0.2, 0.25) is 0 Å². The molecule has 7 heteroatoms. The fraction of sp³-hybridized carbons (Fsp3) is 0.462. The summed E-state index contributed by atoms with van der Waals surface area (Å²) in [4.78, 5) is 25.7. The number of aromatic nitrogens is 1. The maximum atomic E-state index is 10.7. The minimum Gasteiger partial charge on any atom is -0.480 e. The molecule has 0 aliphatic rings. The van der Waals surface area contributed by atoms with E-state index in [1.54, 1.807) is 32.0 Å². The van der Waals surface area contributed by atoms with Crippen LogP contribution in [0.25, 0.3) is 0 Å². The topological polar surface area (TPSA) is 112 Å². The third-order valence-electron chi connectivity index (χ3n) is 2.78. The molecule has 0 bridgehead atoms. The van der Waals surface area contributed by atoms with Crippen molar-refractivity contribution in [3.05, 3.63) is 29.6 Å². The van der Waals surface area contributed by atoms with E-state index in [1.807, 2.05) is 0 Å². The van der Waals surface area contributed by atoms with E-state index in [4.69, 9.17) is 10.2 Å². The fourth-order valence-electron chi connectivity index (χ4n) is 1.42. The molecule has 1 rings (SSSR count). The van der Waals surface area contributed by atoms with Crippen LogP contribution in [0.15, 0.2) is 18.2 Å². The van der Waals surface area contributed by atoms with E-state index in [9.17, 15) is 9.59 Å². The zero-order valence-corrected chi connectivity index (χ0v) is 11.5. The molecule has 110 valence electrons. The van der Waals surface area contributed by atoms with E-state index in [1.165, 1.54) is 0 Å². The lowest BCUT2D eigenvalue weighted by Gasteiger charge is -2.11. The number of rotatable bonds is 8. The van der Waals surface area contributed by atoms with Crippen molar-refractivity contribution in [2.75, 3.05) is 0 Å². The molecule has 1 aromatic rings. The largest absolute Gasteiger partial charge is 0.480 e. The Balaban J connectivity index is 2.53. The summed E-state index contributed by atoms with van der Waals surface area (Å²) in [6.45, 7) is 3.80. The minimum atomic E-state index is -0.918. The Kier molecular flexibility index (Phi) is 6.08. The lowest BCUT2D eigenvalue weighted by molar-refractivity contribution is -0.140. The first-order chi connectivity index (χ1) is 9.40. The van der Waals surface area contributed by atoms with E-state index < -0.39 is 24.0 Å². The zero-order valence-electron chi connectivity index (χ0n) is 11.5. The van der Waals surface area contributed by atoms with Crippen LogP contribution >= 0.6 is 0 Å². The number of aliphatic carboxylic acids is 2. The summed E-state index contributed by atoms with van der Waals surface area (Å²) in [5.74, 6) is -1.84. The van der Waals surface area contributed by atoms with E-state index in [-0.39, 0.29) is 0 Å². The Morgan fingerprint density at radius 3 is 1.80 bits per heavy atom. The van der Waals surface area contributed by atoms with Crippen LogP contribution in [-0.4, -0.2) is 39.2 Å². The standard InChI is InChI=1S/C13H19N3O4/c1-8(12(17)18)14-6-10-4-3-5-11(16-10)7-15-9(2)13(19)20/h3-5,8-9,14-15H,6-7H2,1-2H3,(H,17,18)(H,19,20)/t8-,9-/m0/s1. The quantitative estimate of drug-likeness (QED) is 0.539. The second-order valence-electron chi connectivity index (χ2n) is 4.50. The highest BCUT2D eigenvalue weighted by molar-refractivity contribution is 5.73. The molecule has 4 N–H and O–H groups in total. The SMILES string of the molecule is C[C@H](NCc1cccc(CN[C@@H](C)C(=O)O)n1)C(=O)O. The summed E-state index contributed by atoms with van der Waals surface area (Å²) in [5.41, 5.74) is 1.42. The zero-order chi connectivity index (χ0) is 15.1. The van der Waals surface area contributed by atoms with Gasteiger partial charge in [0.15, 0.2) is 0 Å². The highest BCUT2D eigenvalue weighted by atomic mass is 16.4. The van der Waals surface area contributed by atoms with E-state index in [0.29, 0.717) is 24.5 Å². The highest BCUT2D eigenvalue weighted by Crippen LogP contribution is 2.00. The van der Waals surface area contributed by atoms with Gasteiger partial charge in [-0.3, -0.25) is 25.2 Å². The second-order valence-corrected chi connectivity index (χ2v) is 4.50. The molecule has 20 heavy (non-hydrogen) atoms. The van der Waals surface area contributed by atoms with Crippen LogP contribution in [0.1, 0.15) is 25.2 Å². The molecule has 0 spiro atoms. The molecule has 0 aromatic carbocycles. The average molecular weight is 281 g/mol. The summed E-state index contributed by atoms with van der Waals surface area (Å²) < 4.78 is 0. The van der Waals surface area contributed by atoms with Crippen molar-refractivity contribution < 1.29 is 19.8 Å². The van der Waals surface area contributed by atoms with Crippen molar-refractivity contribution in [2.24, 2.45) is 0 Å². The monoisotopic (exact) mass is 281 g/mol. The van der Waals surface area contributed by atoms with Gasteiger partial charge >= 0.3 is 11.9 Å². The Morgan fingerprint density at radius 1 is 1.05 bits per heavy atom. The van der Waals surface area contributed by atoms with Gasteiger partial charge in [0, 0.05) is 13.1 Å². The minimum absolute atomic E-state index is 0.343. The number of hydrogen-bond acceptors (Lipinski definition) is 5. The van der Waals surface area contributed by atoms with Gasteiger partial charge in [0.2, 0.25) is 0 Å². The Morgan fingerprint density at radius 2 is 1.45 bits per heavy atom. The van der Waals surface area contributed by atoms with Gasteiger partial charge in [0.25, 0.3) is 0 Å². The predicted octanol–water partition coefficient (Wildman–Crippen LogP) is 0.207. The van der Waals surface area contributed by atoms with Crippen molar-refractivity contribution in [3.63, 3.8) is 0 Å². The number of carbonyl (C=O) groups is 2. The van der Waals surface area contributed by atoms with Gasteiger partial charge in [-0.05, 0) is 26.0 Å². The highest BCUT2D eigenvalue weighted by Gasteiger charge is 2.11. The predicted molar refractivity (Wildman–Crippen MR) is 72.1 cm³/mol. The molecule has 0 aliphatic carbocycles. The van der Waals surface area contributed by atoms with Crippen LogP contribution < -0.4 is 10.6 Å². The molecule has 0 aliphatic heterocycles. The van der Waals surface area contributed by atoms with Crippen molar-refractivity contribution in [1.82, 2.24) is 15.6 Å². The van der Waals surface area contributed by atoms with Crippen molar-refractivity contribution in [2.45, 2.75) is 39.0 Å². The molecule has 0 saturated carbocycles. The van der Waals surface area contributed by atoms with Crippen molar-refractivity contribution in [1.29, 1.82) is 0 Å². The van der Waals surface area contributed by atoms with E-state index in [0.717, 1.165) is 0 Å². The van der Waals surface area contributed by atoms with Crippen LogP contribution in [0.3, 0.4) is 0 Å². The van der Waals surface area contributed by atoms with Crippen molar-refractivity contribution in [3.8, 4) is 0 Å². The van der Waals surface area contributed by atoms with Crippen LogP contribution in [-0.2, 0) is 22.7 Å². The smallest absolute Gasteiger partial charge is 0.320 e. The third-order valence-corrected chi connectivity index (χ3v) is 2.78. The lowest BCUT2D eigenvalue weighted by atomic mass is 10.2. The second kappa shape index (κ2) is 7.56. The summed E-state index contributed by atoms with van der Waals surface area (Å²) in [5, 5.41) is 23.2. The van der Waals surface area contributed by atoms with Gasteiger partial charge < -0.3 is 10.2 Å². The molecular weight excluding hydrogens is 262 g/mol. The Hall–Kier alpha value is -1.99. The molecule has 0 unspecified atom stereocenters. The molecule has 0 fully saturated rings. The summed E-state index contributed by atoms with van der Waals surface area (Å²) in [6.07, 6.45) is 0. The molecular formula is C13H19N3O4. The van der Waals surface area contributed by atoms with Crippen LogP contribution in [0, 0.1) is 0 Å². The maximum absolute atomic E-state index is 10.7. The van der Waals surface area contributed by atoms with E-state index in [2.05, 4.69) is 15.6 Å². The summed E-state index contributed by atoms with van der Waals surface area (Å²) >= 11 is 0. The third kappa shape index (κ3) is 5.33. The number of hydrogen-bond donors (Lipinski definition) is 4. The van der Waals surface area contributed by atoms with Gasteiger partial charge in [0.1, 0.15) is 12.1 Å². The maximum Gasteiger partial charge on any atom is 0.320 e. The Bertz CT molecular complexity index is 439. The number of carboxylic acid groups (broad SMARTS) is 2. The molecule has 2 atom stereocenters. The summed E-state index contributed by atoms with van der Waals surface area (Å²) in [6, 6.07) is 4.08. The molecule has 1 aromatic heterocycles. The van der Waals surface area contributed by atoms with Crippen LogP contribution in [0.5, 0.6) is 0 Å². The number of pyridine rings is 1.